The molecule has 26 heavy (non-hydrogen) atoms. The van der Waals surface area contributed by atoms with Crippen molar-refractivity contribution in [3.63, 3.8) is 0 Å². The minimum absolute atomic E-state index is 0.0341. The quantitative estimate of drug-likeness (QED) is 0.744. The van der Waals surface area contributed by atoms with Gasteiger partial charge in [0.15, 0.2) is 0 Å². The van der Waals surface area contributed by atoms with E-state index in [9.17, 15) is 18.0 Å². The average Bonchev–Trinajstić information content (AvgIpc) is 3.19. The lowest BCUT2D eigenvalue weighted by atomic mass is 9.73. The van der Waals surface area contributed by atoms with Gasteiger partial charge in [0.25, 0.3) is 0 Å². The molecule has 1 amide bonds. The summed E-state index contributed by atoms with van der Waals surface area (Å²) in [5.41, 5.74) is 0.0970. The van der Waals surface area contributed by atoms with Crippen LogP contribution in [0.4, 0.5) is 18.2 Å². The highest BCUT2D eigenvalue weighted by atomic mass is 32.1. The van der Waals surface area contributed by atoms with E-state index >= 15 is 0 Å². The van der Waals surface area contributed by atoms with Crippen molar-refractivity contribution < 1.29 is 22.5 Å². The number of thiophene rings is 1. The van der Waals surface area contributed by atoms with Crippen molar-refractivity contribution in [2.24, 2.45) is 11.3 Å². The summed E-state index contributed by atoms with van der Waals surface area (Å²) < 4.78 is 42.1. The van der Waals surface area contributed by atoms with Crippen molar-refractivity contribution in [2.45, 2.75) is 46.2 Å². The van der Waals surface area contributed by atoms with E-state index in [-0.39, 0.29) is 17.1 Å². The summed E-state index contributed by atoms with van der Waals surface area (Å²) in [6, 6.07) is 3.34. The van der Waals surface area contributed by atoms with Gasteiger partial charge in [-0.2, -0.15) is 18.2 Å². The lowest BCUT2D eigenvalue weighted by molar-refractivity contribution is -0.159. The van der Waals surface area contributed by atoms with Crippen molar-refractivity contribution in [1.29, 1.82) is 0 Å². The molecule has 1 aliphatic heterocycles. The summed E-state index contributed by atoms with van der Waals surface area (Å²) in [7, 11) is 0. The van der Waals surface area contributed by atoms with Crippen molar-refractivity contribution >= 4 is 22.2 Å². The lowest BCUT2D eigenvalue weighted by Gasteiger charge is -2.32. The smallest absolute Gasteiger partial charge is 0.329 e. The predicted octanol–water partition coefficient (Wildman–Crippen LogP) is 5.00. The molecule has 5 nitrogen and oxygen atoms in total. The van der Waals surface area contributed by atoms with Gasteiger partial charge in [-0.15, -0.1) is 11.3 Å². The second kappa shape index (κ2) is 6.68. The largest absolute Gasteiger partial charge is 0.471 e. The van der Waals surface area contributed by atoms with Crippen LogP contribution in [0.15, 0.2) is 16.7 Å². The molecule has 3 rings (SSSR count). The molecule has 2 aromatic rings. The number of nitrogens with zero attached hydrogens (tertiary/aromatic N) is 3. The third-order valence-electron chi connectivity index (χ3n) is 5.26. The van der Waals surface area contributed by atoms with Gasteiger partial charge in [-0.05, 0) is 36.3 Å². The normalized spacial score (nSPS) is 22.1. The molecular weight excluding hydrogens is 367 g/mol. The zero-order chi connectivity index (χ0) is 19.1. The highest BCUT2D eigenvalue weighted by molar-refractivity contribution is 7.19. The van der Waals surface area contributed by atoms with Crippen LogP contribution in [0.5, 0.6) is 0 Å². The molecule has 1 fully saturated rings. The fourth-order valence-corrected chi connectivity index (χ4v) is 3.96. The maximum atomic E-state index is 12.6. The van der Waals surface area contributed by atoms with Crippen molar-refractivity contribution in [2.75, 3.05) is 11.4 Å². The van der Waals surface area contributed by atoms with Crippen LogP contribution in [-0.2, 0) is 11.0 Å². The van der Waals surface area contributed by atoms with E-state index in [1.807, 2.05) is 0 Å². The molecule has 0 radical (unpaired) electrons. The molecule has 1 atom stereocenters. The van der Waals surface area contributed by atoms with Gasteiger partial charge < -0.3 is 9.42 Å². The molecule has 3 heterocycles. The number of amides is 1. The van der Waals surface area contributed by atoms with Gasteiger partial charge in [0.1, 0.15) is 0 Å². The molecule has 9 heteroatoms. The molecule has 0 aliphatic carbocycles. The Balaban J connectivity index is 1.81. The fraction of sp³-hybridized carbons (Fsp3) is 0.588. The zero-order valence-corrected chi connectivity index (χ0v) is 15.6. The van der Waals surface area contributed by atoms with Crippen LogP contribution in [0, 0.1) is 11.3 Å². The van der Waals surface area contributed by atoms with Crippen LogP contribution in [-0.4, -0.2) is 22.6 Å². The Kier molecular flexibility index (Phi) is 4.85. The number of hydrogen-bond acceptors (Lipinski definition) is 5. The van der Waals surface area contributed by atoms with E-state index in [1.54, 1.807) is 17.0 Å². The maximum Gasteiger partial charge on any atom is 0.471 e. The number of rotatable bonds is 3. The minimum Gasteiger partial charge on any atom is -0.329 e. The molecule has 2 aromatic heterocycles. The van der Waals surface area contributed by atoms with Crippen molar-refractivity contribution in [1.82, 2.24) is 10.1 Å². The van der Waals surface area contributed by atoms with E-state index < -0.39 is 12.1 Å². The van der Waals surface area contributed by atoms with Crippen LogP contribution < -0.4 is 4.90 Å². The molecule has 142 valence electrons. The third kappa shape index (κ3) is 3.62. The van der Waals surface area contributed by atoms with Crippen LogP contribution in [0.3, 0.4) is 0 Å². The van der Waals surface area contributed by atoms with Gasteiger partial charge in [-0.1, -0.05) is 25.9 Å². The van der Waals surface area contributed by atoms with Gasteiger partial charge in [-0.3, -0.25) is 4.79 Å². The molecule has 0 spiro atoms. The minimum atomic E-state index is -4.67. The van der Waals surface area contributed by atoms with E-state index in [0.717, 1.165) is 12.8 Å². The van der Waals surface area contributed by atoms with Gasteiger partial charge in [0, 0.05) is 13.0 Å². The monoisotopic (exact) mass is 387 g/mol. The van der Waals surface area contributed by atoms with Crippen LogP contribution in [0.2, 0.25) is 0 Å². The topological polar surface area (TPSA) is 59.2 Å². The van der Waals surface area contributed by atoms with Gasteiger partial charge >= 0.3 is 12.1 Å². The summed E-state index contributed by atoms with van der Waals surface area (Å²) in [6.07, 6.45) is -2.50. The molecular formula is C17H20F3N3O2S. The van der Waals surface area contributed by atoms with Crippen molar-refractivity contribution in [3.8, 4) is 10.7 Å². The Labute approximate surface area is 153 Å². The second-order valence-electron chi connectivity index (χ2n) is 7.16. The Morgan fingerprint density at radius 2 is 2.04 bits per heavy atom. The summed E-state index contributed by atoms with van der Waals surface area (Å²) in [6.45, 7) is 7.12. The molecule has 0 aromatic carbocycles. The number of carbonyl (C=O) groups is 1. The van der Waals surface area contributed by atoms with Crippen LogP contribution >= 0.6 is 11.3 Å². The van der Waals surface area contributed by atoms with Gasteiger partial charge in [0.05, 0.1) is 9.88 Å². The Morgan fingerprint density at radius 3 is 2.65 bits per heavy atom. The van der Waals surface area contributed by atoms with Gasteiger partial charge in [0.2, 0.25) is 11.7 Å². The highest BCUT2D eigenvalue weighted by Crippen LogP contribution is 2.41. The first-order valence-corrected chi connectivity index (χ1v) is 9.23. The molecule has 1 aliphatic rings. The van der Waals surface area contributed by atoms with Crippen molar-refractivity contribution in [3.05, 3.63) is 18.0 Å². The average molecular weight is 387 g/mol. The molecule has 0 N–H and O–H groups in total. The maximum absolute atomic E-state index is 12.6. The zero-order valence-electron chi connectivity index (χ0n) is 14.8. The summed E-state index contributed by atoms with van der Waals surface area (Å²) in [4.78, 5) is 18.1. The first kappa shape index (κ1) is 18.9. The van der Waals surface area contributed by atoms with E-state index in [4.69, 9.17) is 0 Å². The summed E-state index contributed by atoms with van der Waals surface area (Å²) in [5, 5.41) is 4.09. The molecule has 0 saturated carbocycles. The number of aromatic nitrogens is 2. The Morgan fingerprint density at radius 1 is 1.31 bits per heavy atom. The number of hydrogen-bond donors (Lipinski definition) is 0. The highest BCUT2D eigenvalue weighted by Gasteiger charge is 2.39. The third-order valence-corrected chi connectivity index (χ3v) is 6.36. The van der Waals surface area contributed by atoms with E-state index in [0.29, 0.717) is 28.8 Å². The summed E-state index contributed by atoms with van der Waals surface area (Å²) >= 11 is 1.19. The first-order chi connectivity index (χ1) is 12.1. The van der Waals surface area contributed by atoms with E-state index in [2.05, 4.69) is 35.4 Å². The standard InChI is InChI=1S/C17H20F3N3O2S/c1-10(2)16(3)7-6-12(24)23(9-8-16)13-5-4-11(26-13)14-21-15(25-22-14)17(18,19)20/h4-5,10H,6-9H2,1-3H3. The van der Waals surface area contributed by atoms with Gasteiger partial charge in [-0.25, -0.2) is 0 Å². The second-order valence-corrected chi connectivity index (χ2v) is 8.23. The Bertz CT molecular complexity index is 799. The SMILES string of the molecule is CC(C)C1(C)CCC(=O)N(c2ccc(-c3noc(C(F)(F)F)n3)s2)CC1. The molecule has 1 unspecified atom stereocenters. The first-order valence-electron chi connectivity index (χ1n) is 8.41. The molecule has 0 bridgehead atoms. The van der Waals surface area contributed by atoms with Crippen LogP contribution in [0.25, 0.3) is 10.7 Å². The lowest BCUT2D eigenvalue weighted by Crippen LogP contribution is -2.30. The number of anilines is 1. The van der Waals surface area contributed by atoms with E-state index in [1.165, 1.54) is 11.3 Å². The number of halogens is 3. The predicted molar refractivity (Wildman–Crippen MR) is 91.8 cm³/mol. The molecule has 1 saturated heterocycles. The van der Waals surface area contributed by atoms with Crippen LogP contribution in [0.1, 0.15) is 45.9 Å². The Hall–Kier alpha value is -1.90. The summed E-state index contributed by atoms with van der Waals surface area (Å²) in [5.74, 6) is -0.995. The number of carbonyl (C=O) groups excluding carboxylic acids is 1. The fourth-order valence-electron chi connectivity index (χ4n) is 2.99. The number of alkyl halides is 3.